The van der Waals surface area contributed by atoms with Crippen LogP contribution in [0.5, 0.6) is 0 Å². The van der Waals surface area contributed by atoms with Gasteiger partial charge >= 0.3 is 5.97 Å². The number of carboxylic acids is 1. The number of aromatic carboxylic acids is 1. The molecular formula is C17H12FN3O3S2. The normalized spacial score (nSPS) is 10.5. The summed E-state index contributed by atoms with van der Waals surface area (Å²) in [6.45, 7) is 0. The summed E-state index contributed by atoms with van der Waals surface area (Å²) >= 11 is 2.59. The highest BCUT2D eigenvalue weighted by molar-refractivity contribution is 8.00. The van der Waals surface area contributed by atoms with Crippen LogP contribution in [0.15, 0.2) is 52.9 Å². The van der Waals surface area contributed by atoms with Gasteiger partial charge in [0.05, 0.1) is 11.1 Å². The molecule has 132 valence electrons. The molecule has 0 bridgehead atoms. The molecule has 0 aliphatic carbocycles. The predicted octanol–water partition coefficient (Wildman–Crippen LogP) is 3.92. The first kappa shape index (κ1) is 18.0. The largest absolute Gasteiger partial charge is 0.478 e. The average Bonchev–Trinajstić information content (AvgIpc) is 3.08. The molecule has 0 saturated carbocycles. The molecule has 2 N–H and O–H groups in total. The molecule has 0 fully saturated rings. The van der Waals surface area contributed by atoms with Gasteiger partial charge in [-0.15, -0.1) is 10.2 Å². The summed E-state index contributed by atoms with van der Waals surface area (Å²) in [7, 11) is 0. The third-order valence-corrected chi connectivity index (χ3v) is 5.35. The minimum Gasteiger partial charge on any atom is -0.478 e. The Morgan fingerprint density at radius 1 is 1.08 bits per heavy atom. The first-order valence-corrected chi connectivity index (χ1v) is 9.17. The molecule has 0 saturated heterocycles. The van der Waals surface area contributed by atoms with Crippen molar-refractivity contribution in [3.8, 4) is 0 Å². The Balaban J connectivity index is 1.64. The second kappa shape index (κ2) is 8.07. The summed E-state index contributed by atoms with van der Waals surface area (Å²) < 4.78 is 13.5. The summed E-state index contributed by atoms with van der Waals surface area (Å²) in [5, 5.41) is 19.9. The molecule has 3 aromatic rings. The van der Waals surface area contributed by atoms with Crippen LogP contribution >= 0.6 is 23.1 Å². The van der Waals surface area contributed by atoms with E-state index in [1.165, 1.54) is 47.4 Å². The van der Waals surface area contributed by atoms with E-state index in [0.717, 1.165) is 5.56 Å². The lowest BCUT2D eigenvalue weighted by Crippen LogP contribution is -2.16. The number of anilines is 1. The SMILES string of the molecule is O=C(O)c1ccccc1C(=O)Nc1nnc(SCc2ccc(F)cc2)s1. The lowest BCUT2D eigenvalue weighted by molar-refractivity contribution is 0.0692. The molecule has 0 unspecified atom stereocenters. The number of rotatable bonds is 6. The molecule has 0 aliphatic rings. The summed E-state index contributed by atoms with van der Waals surface area (Å²) in [6, 6.07) is 12.1. The van der Waals surface area contributed by atoms with E-state index in [9.17, 15) is 14.0 Å². The molecule has 0 spiro atoms. The van der Waals surface area contributed by atoms with Crippen molar-refractivity contribution in [2.45, 2.75) is 10.1 Å². The Kier molecular flexibility index (Phi) is 5.59. The molecule has 2 aromatic carbocycles. The maximum absolute atomic E-state index is 12.9. The Morgan fingerprint density at radius 2 is 1.77 bits per heavy atom. The highest BCUT2D eigenvalue weighted by Crippen LogP contribution is 2.28. The number of nitrogens with one attached hydrogen (secondary N) is 1. The zero-order valence-electron chi connectivity index (χ0n) is 13.2. The van der Waals surface area contributed by atoms with Gasteiger partial charge in [-0.25, -0.2) is 9.18 Å². The van der Waals surface area contributed by atoms with Crippen molar-refractivity contribution in [1.29, 1.82) is 0 Å². The number of hydrogen-bond acceptors (Lipinski definition) is 6. The van der Waals surface area contributed by atoms with Crippen molar-refractivity contribution >= 4 is 40.1 Å². The zero-order chi connectivity index (χ0) is 18.5. The van der Waals surface area contributed by atoms with Gasteiger partial charge < -0.3 is 5.11 Å². The van der Waals surface area contributed by atoms with E-state index in [4.69, 9.17) is 5.11 Å². The molecule has 6 nitrogen and oxygen atoms in total. The first-order chi connectivity index (χ1) is 12.5. The van der Waals surface area contributed by atoms with Crippen molar-refractivity contribution in [3.63, 3.8) is 0 Å². The fourth-order valence-corrected chi connectivity index (χ4v) is 3.78. The number of carbonyl (C=O) groups excluding carboxylic acids is 1. The van der Waals surface area contributed by atoms with E-state index in [-0.39, 0.29) is 22.1 Å². The highest BCUT2D eigenvalue weighted by atomic mass is 32.2. The van der Waals surface area contributed by atoms with Gasteiger partial charge in [0.25, 0.3) is 5.91 Å². The van der Waals surface area contributed by atoms with Gasteiger partial charge in [0.15, 0.2) is 4.34 Å². The maximum Gasteiger partial charge on any atom is 0.336 e. The monoisotopic (exact) mass is 389 g/mol. The van der Waals surface area contributed by atoms with Crippen LogP contribution in [0, 0.1) is 5.82 Å². The van der Waals surface area contributed by atoms with Gasteiger partial charge in [-0.2, -0.15) is 0 Å². The van der Waals surface area contributed by atoms with Crippen LogP contribution in [0.25, 0.3) is 0 Å². The van der Waals surface area contributed by atoms with Crippen molar-refractivity contribution in [2.24, 2.45) is 0 Å². The molecule has 26 heavy (non-hydrogen) atoms. The van der Waals surface area contributed by atoms with Gasteiger partial charge in [-0.3, -0.25) is 10.1 Å². The minimum atomic E-state index is -1.18. The molecule has 1 heterocycles. The molecule has 3 rings (SSSR count). The Morgan fingerprint density at radius 3 is 2.46 bits per heavy atom. The van der Waals surface area contributed by atoms with Crippen molar-refractivity contribution in [1.82, 2.24) is 10.2 Å². The van der Waals surface area contributed by atoms with Crippen LogP contribution in [-0.4, -0.2) is 27.2 Å². The van der Waals surface area contributed by atoms with E-state index in [1.807, 2.05) is 0 Å². The highest BCUT2D eigenvalue weighted by Gasteiger charge is 2.17. The predicted molar refractivity (Wildman–Crippen MR) is 97.2 cm³/mol. The topological polar surface area (TPSA) is 92.2 Å². The number of benzene rings is 2. The van der Waals surface area contributed by atoms with Crippen LogP contribution in [0.2, 0.25) is 0 Å². The number of carbonyl (C=O) groups is 2. The van der Waals surface area contributed by atoms with Crippen molar-refractivity contribution in [2.75, 3.05) is 5.32 Å². The van der Waals surface area contributed by atoms with E-state index < -0.39 is 11.9 Å². The van der Waals surface area contributed by atoms with Crippen LogP contribution in [0.1, 0.15) is 26.3 Å². The van der Waals surface area contributed by atoms with E-state index in [1.54, 1.807) is 24.3 Å². The fourth-order valence-electron chi connectivity index (χ4n) is 2.08. The number of nitrogens with zero attached hydrogens (tertiary/aromatic N) is 2. The Labute approximate surface area is 156 Å². The Hall–Kier alpha value is -2.78. The molecule has 9 heteroatoms. The molecule has 0 atom stereocenters. The third-order valence-electron chi connectivity index (χ3n) is 3.30. The number of carboxylic acid groups (broad SMARTS) is 1. The standard InChI is InChI=1S/C17H12FN3O3S2/c18-11-7-5-10(6-8-11)9-25-17-21-20-16(26-17)19-14(22)12-3-1-2-4-13(12)15(23)24/h1-8H,9H2,(H,23,24)(H,19,20,22). The number of halogens is 1. The molecular weight excluding hydrogens is 377 g/mol. The van der Waals surface area contributed by atoms with Crippen LogP contribution in [0.3, 0.4) is 0 Å². The van der Waals surface area contributed by atoms with Crippen molar-refractivity contribution in [3.05, 3.63) is 71.0 Å². The lowest BCUT2D eigenvalue weighted by Gasteiger charge is -2.04. The summed E-state index contributed by atoms with van der Waals surface area (Å²) in [4.78, 5) is 23.5. The zero-order valence-corrected chi connectivity index (χ0v) is 14.8. The van der Waals surface area contributed by atoms with Crippen molar-refractivity contribution < 1.29 is 19.1 Å². The molecule has 0 radical (unpaired) electrons. The fraction of sp³-hybridized carbons (Fsp3) is 0.0588. The summed E-state index contributed by atoms with van der Waals surface area (Å²) in [5.41, 5.74) is 0.906. The quantitative estimate of drug-likeness (QED) is 0.490. The molecule has 0 aliphatic heterocycles. The first-order valence-electron chi connectivity index (χ1n) is 7.37. The number of aromatic nitrogens is 2. The number of amides is 1. The van der Waals surface area contributed by atoms with Crippen LogP contribution in [-0.2, 0) is 5.75 Å². The summed E-state index contributed by atoms with van der Waals surface area (Å²) in [5.74, 6) is -1.44. The van der Waals surface area contributed by atoms with Gasteiger partial charge in [0.2, 0.25) is 5.13 Å². The third kappa shape index (κ3) is 4.44. The van der Waals surface area contributed by atoms with Gasteiger partial charge in [0, 0.05) is 5.75 Å². The molecule has 1 aromatic heterocycles. The van der Waals surface area contributed by atoms with Crippen LogP contribution < -0.4 is 5.32 Å². The van der Waals surface area contributed by atoms with E-state index in [2.05, 4.69) is 15.5 Å². The van der Waals surface area contributed by atoms with Gasteiger partial charge in [-0.1, -0.05) is 47.4 Å². The number of hydrogen-bond donors (Lipinski definition) is 2. The average molecular weight is 389 g/mol. The van der Waals surface area contributed by atoms with Gasteiger partial charge in [-0.05, 0) is 29.8 Å². The molecule has 1 amide bonds. The van der Waals surface area contributed by atoms with Crippen LogP contribution in [0.4, 0.5) is 9.52 Å². The summed E-state index contributed by atoms with van der Waals surface area (Å²) in [6.07, 6.45) is 0. The lowest BCUT2D eigenvalue weighted by atomic mass is 10.1. The second-order valence-electron chi connectivity index (χ2n) is 5.09. The second-order valence-corrected chi connectivity index (χ2v) is 7.29. The minimum absolute atomic E-state index is 0.0516. The number of thioether (sulfide) groups is 1. The van der Waals surface area contributed by atoms with E-state index >= 15 is 0 Å². The maximum atomic E-state index is 12.9. The Bertz CT molecular complexity index is 944. The van der Waals surface area contributed by atoms with E-state index in [0.29, 0.717) is 10.1 Å². The van der Waals surface area contributed by atoms with Gasteiger partial charge in [0.1, 0.15) is 5.82 Å². The smallest absolute Gasteiger partial charge is 0.336 e.